The molecular formula is C39H48ClN3O5. The number of furan rings is 2. The second-order valence-corrected chi connectivity index (χ2v) is 14.7. The van der Waals surface area contributed by atoms with Crippen LogP contribution in [0.15, 0.2) is 63.8 Å². The molecule has 256 valence electrons. The average molecular weight is 674 g/mol. The van der Waals surface area contributed by atoms with Crippen molar-refractivity contribution in [1.29, 1.82) is 0 Å². The molecule has 6 aliphatic heterocycles. The molecule has 8 aliphatic rings. The number of aryl methyl sites for hydroxylation is 2. The van der Waals surface area contributed by atoms with Crippen LogP contribution in [-0.4, -0.2) is 65.0 Å². The zero-order chi connectivity index (χ0) is 32.8. The smallest absolute Gasteiger partial charge is 0.373 e. The molecule has 0 unspecified atom stereocenters. The van der Waals surface area contributed by atoms with Gasteiger partial charge in [-0.05, 0) is 145 Å². The molecule has 9 heteroatoms. The summed E-state index contributed by atoms with van der Waals surface area (Å²) in [4.78, 5) is 34.5. The number of fused-ring (bicyclic) bond motifs is 6. The maximum atomic E-state index is 12.9. The minimum absolute atomic E-state index is 0. The Morgan fingerprint density at radius 2 is 1.31 bits per heavy atom. The Kier molecular flexibility index (Phi) is 10.0. The average Bonchev–Trinajstić information content (AvgIpc) is 4.01. The van der Waals surface area contributed by atoms with Crippen molar-refractivity contribution in [3.05, 3.63) is 71.7 Å². The van der Waals surface area contributed by atoms with Gasteiger partial charge in [0.05, 0.1) is 12.5 Å². The summed E-state index contributed by atoms with van der Waals surface area (Å²) in [6, 6.07) is 14.5. The van der Waals surface area contributed by atoms with E-state index in [0.29, 0.717) is 28.8 Å². The van der Waals surface area contributed by atoms with Gasteiger partial charge in [-0.15, -0.1) is 12.4 Å². The molecule has 4 bridgehead atoms. The molecule has 2 aromatic carbocycles. The molecule has 2 atom stereocenters. The number of hydrogen-bond acceptors (Lipinski definition) is 8. The molecule has 2 saturated carbocycles. The van der Waals surface area contributed by atoms with E-state index < -0.39 is 0 Å². The maximum Gasteiger partial charge on any atom is 0.373 e. The first-order valence-electron chi connectivity index (χ1n) is 17.5. The summed E-state index contributed by atoms with van der Waals surface area (Å²) in [5.41, 5.74) is 12.1. The Hall–Kier alpha value is -3.26. The summed E-state index contributed by atoms with van der Waals surface area (Å²) in [5.74, 6) is 2.53. The number of carbonyl (C=O) groups is 1. The van der Waals surface area contributed by atoms with E-state index in [4.69, 9.17) is 24.2 Å². The van der Waals surface area contributed by atoms with E-state index in [1.165, 1.54) is 88.5 Å². The number of nitrogens with zero attached hydrogens (tertiary/aromatic N) is 2. The highest BCUT2D eigenvalue weighted by Gasteiger charge is 2.60. The van der Waals surface area contributed by atoms with Gasteiger partial charge >= 0.3 is 6.15 Å². The van der Waals surface area contributed by atoms with Crippen molar-refractivity contribution in [2.45, 2.75) is 88.8 Å². The lowest BCUT2D eigenvalue weighted by atomic mass is 9.69. The molecule has 2 N–H and O–H groups in total. The highest BCUT2D eigenvalue weighted by atomic mass is 35.5. The van der Waals surface area contributed by atoms with Gasteiger partial charge in [-0.25, -0.2) is 0 Å². The van der Waals surface area contributed by atoms with Gasteiger partial charge in [0.2, 0.25) is 0 Å². The number of nitrogens with two attached hydrogens (primary N) is 1. The van der Waals surface area contributed by atoms with E-state index in [2.05, 4.69) is 15.9 Å². The Bertz CT molecular complexity index is 1760. The molecule has 0 amide bonds. The van der Waals surface area contributed by atoms with E-state index in [-0.39, 0.29) is 18.6 Å². The van der Waals surface area contributed by atoms with Crippen molar-refractivity contribution in [2.75, 3.05) is 26.2 Å². The van der Waals surface area contributed by atoms with E-state index in [1.807, 2.05) is 50.2 Å². The van der Waals surface area contributed by atoms with Crippen LogP contribution in [0, 0.1) is 31.6 Å². The number of rotatable bonds is 3. The van der Waals surface area contributed by atoms with Crippen LogP contribution >= 0.6 is 12.4 Å². The summed E-state index contributed by atoms with van der Waals surface area (Å²) >= 11 is 0. The van der Waals surface area contributed by atoms with Crippen LogP contribution in [0.3, 0.4) is 0 Å². The summed E-state index contributed by atoms with van der Waals surface area (Å²) < 4.78 is 10.7. The molecule has 48 heavy (non-hydrogen) atoms. The fraction of sp³-hybridized carbons (Fsp3) is 0.538. The Labute approximate surface area is 288 Å². The molecule has 8 nitrogen and oxygen atoms in total. The van der Waals surface area contributed by atoms with Crippen molar-refractivity contribution < 1.29 is 23.2 Å². The highest BCUT2D eigenvalue weighted by Crippen LogP contribution is 2.58. The Balaban J connectivity index is 0.000000134. The van der Waals surface area contributed by atoms with E-state index >= 15 is 0 Å². The Morgan fingerprint density at radius 1 is 0.792 bits per heavy atom. The lowest BCUT2D eigenvalue weighted by Gasteiger charge is -2.52. The van der Waals surface area contributed by atoms with Crippen LogP contribution in [0.4, 0.5) is 0 Å². The third kappa shape index (κ3) is 6.30. The zero-order valence-corrected chi connectivity index (χ0v) is 28.9. The van der Waals surface area contributed by atoms with Gasteiger partial charge in [0.1, 0.15) is 11.2 Å². The highest BCUT2D eigenvalue weighted by molar-refractivity contribution is 6.00. The van der Waals surface area contributed by atoms with Crippen molar-refractivity contribution in [3.8, 4) is 0 Å². The molecule has 4 aromatic rings. The Morgan fingerprint density at radius 3 is 1.85 bits per heavy atom. The minimum atomic E-state index is 0. The van der Waals surface area contributed by atoms with Crippen LogP contribution in [0.2, 0.25) is 0 Å². The molecule has 0 radical (unpaired) electrons. The van der Waals surface area contributed by atoms with Crippen LogP contribution in [0.1, 0.15) is 79.3 Å². The van der Waals surface area contributed by atoms with Gasteiger partial charge in [0, 0.05) is 39.9 Å². The van der Waals surface area contributed by atoms with Gasteiger partial charge in [-0.1, -0.05) is 18.2 Å². The molecule has 2 spiro atoms. The number of halogens is 1. The first-order valence-corrected chi connectivity index (χ1v) is 17.5. The monoisotopic (exact) mass is 673 g/mol. The topological polar surface area (TPSA) is 110 Å². The predicted molar refractivity (Wildman–Crippen MR) is 187 cm³/mol. The zero-order valence-electron chi connectivity index (χ0n) is 28.1. The SMILES string of the molecule is Cc1coc2ccc(C(=O)C[C@@H]3C4CCN(CC4)C34CC4)cc12.Cc1coc2ccccc12.Cl.N[C@@H]1C2CCN(CC2)C12CC2.O=C=O. The second-order valence-electron chi connectivity index (χ2n) is 14.7. The van der Waals surface area contributed by atoms with Crippen LogP contribution in [0.5, 0.6) is 0 Å². The first-order chi connectivity index (χ1) is 22.8. The van der Waals surface area contributed by atoms with Crippen molar-refractivity contribution in [3.63, 3.8) is 0 Å². The molecular weight excluding hydrogens is 626 g/mol. The first kappa shape index (κ1) is 34.6. The van der Waals surface area contributed by atoms with Crippen molar-refractivity contribution in [2.24, 2.45) is 23.5 Å². The summed E-state index contributed by atoms with van der Waals surface area (Å²) in [6.07, 6.45) is 15.2. The van der Waals surface area contributed by atoms with Crippen molar-refractivity contribution in [1.82, 2.24) is 9.80 Å². The fourth-order valence-corrected chi connectivity index (χ4v) is 9.48. The summed E-state index contributed by atoms with van der Waals surface area (Å²) in [7, 11) is 0. The number of ketones is 1. The fourth-order valence-electron chi connectivity index (χ4n) is 9.48. The van der Waals surface area contributed by atoms with Gasteiger partial charge < -0.3 is 14.6 Å². The molecule has 8 fully saturated rings. The van der Waals surface area contributed by atoms with Crippen LogP contribution in [0.25, 0.3) is 21.9 Å². The van der Waals surface area contributed by atoms with Gasteiger partial charge in [0.15, 0.2) is 5.78 Å². The van der Waals surface area contributed by atoms with E-state index in [0.717, 1.165) is 45.9 Å². The normalized spacial score (nSPS) is 29.0. The number of carbonyl (C=O) groups excluding carboxylic acids is 3. The largest absolute Gasteiger partial charge is 0.464 e. The van der Waals surface area contributed by atoms with Gasteiger partial charge in [0.25, 0.3) is 0 Å². The molecule has 6 saturated heterocycles. The van der Waals surface area contributed by atoms with E-state index in [9.17, 15) is 4.79 Å². The van der Waals surface area contributed by atoms with E-state index in [1.54, 1.807) is 12.5 Å². The number of hydrogen-bond donors (Lipinski definition) is 1. The second kappa shape index (κ2) is 13.9. The molecule has 12 rings (SSSR count). The van der Waals surface area contributed by atoms with Crippen LogP contribution in [-0.2, 0) is 9.59 Å². The van der Waals surface area contributed by atoms with Crippen LogP contribution < -0.4 is 5.73 Å². The predicted octanol–water partition coefficient (Wildman–Crippen LogP) is 7.34. The molecule has 2 aliphatic carbocycles. The summed E-state index contributed by atoms with van der Waals surface area (Å²) in [5, 5.41) is 2.29. The van der Waals surface area contributed by atoms with Gasteiger partial charge in [-0.2, -0.15) is 9.59 Å². The summed E-state index contributed by atoms with van der Waals surface area (Å²) in [6.45, 7) is 9.26. The third-order valence-electron chi connectivity index (χ3n) is 12.4. The molecule has 8 heterocycles. The standard InChI is InChI=1S/C20H23NO2.C9H16N2.C9H8O.CO2.ClH/c1-13-12-23-19-3-2-15(10-16(13)19)18(22)11-17-14-4-8-21(9-5-14)20(17)6-7-20;10-8-7-1-5-11(6-2-7)9(8)3-4-9;1-7-6-10-9-5-3-2-4-8(7)9;2-1-3;/h2-3,10,12,14,17H,4-9,11H2,1H3;7-8H,1-6,10H2;2-6H,1H3;;1H/t17-;8-;;;/m11.../s1. The number of para-hydroxylation sites is 1. The van der Waals surface area contributed by atoms with Gasteiger partial charge in [-0.3, -0.25) is 14.6 Å². The number of piperidine rings is 6. The lowest BCUT2D eigenvalue weighted by molar-refractivity contribution is -0.191. The molecule has 2 aromatic heterocycles. The lowest BCUT2D eigenvalue weighted by Crippen LogP contribution is -2.63. The number of Topliss-reactive ketones (excluding diaryl/α,β-unsaturated/α-hetero) is 1. The number of benzene rings is 2. The van der Waals surface area contributed by atoms with Crippen molar-refractivity contribution >= 4 is 46.3 Å². The quantitative estimate of drug-likeness (QED) is 0.225. The minimum Gasteiger partial charge on any atom is -0.464 e. The third-order valence-corrected chi connectivity index (χ3v) is 12.4. The maximum absolute atomic E-state index is 12.9.